The number of halogens is 1. The van der Waals surface area contributed by atoms with Gasteiger partial charge >= 0.3 is 0 Å². The number of amides is 1. The highest BCUT2D eigenvalue weighted by molar-refractivity contribution is 6.31. The van der Waals surface area contributed by atoms with Gasteiger partial charge in [0.05, 0.1) is 4.92 Å². The lowest BCUT2D eigenvalue weighted by molar-refractivity contribution is -0.385. The SMILES string of the molecule is O=C(NCCCN1CCNCC1)c1cc(Cl)ccc1[N+](=O)[O-]. The van der Waals surface area contributed by atoms with E-state index >= 15 is 0 Å². The zero-order chi connectivity index (χ0) is 15.9. The molecule has 2 rings (SSSR count). The summed E-state index contributed by atoms with van der Waals surface area (Å²) in [5.41, 5.74) is -0.233. The maximum atomic E-state index is 12.1. The molecule has 0 aromatic heterocycles. The second kappa shape index (κ2) is 8.07. The summed E-state index contributed by atoms with van der Waals surface area (Å²) in [6.07, 6.45) is 0.806. The monoisotopic (exact) mass is 326 g/mol. The van der Waals surface area contributed by atoms with Crippen LogP contribution in [0.1, 0.15) is 16.8 Å². The zero-order valence-electron chi connectivity index (χ0n) is 12.2. The van der Waals surface area contributed by atoms with Gasteiger partial charge in [0, 0.05) is 43.8 Å². The summed E-state index contributed by atoms with van der Waals surface area (Å²) in [5, 5.41) is 17.2. The van der Waals surface area contributed by atoms with E-state index in [1.807, 2.05) is 0 Å². The molecule has 1 heterocycles. The summed E-state index contributed by atoms with van der Waals surface area (Å²) < 4.78 is 0. The van der Waals surface area contributed by atoms with E-state index in [2.05, 4.69) is 15.5 Å². The van der Waals surface area contributed by atoms with Crippen LogP contribution in [0.3, 0.4) is 0 Å². The molecule has 0 bridgehead atoms. The van der Waals surface area contributed by atoms with E-state index in [1.54, 1.807) is 0 Å². The number of nitro benzene ring substituents is 1. The lowest BCUT2D eigenvalue weighted by atomic mass is 10.1. The van der Waals surface area contributed by atoms with Gasteiger partial charge in [0.25, 0.3) is 11.6 Å². The zero-order valence-corrected chi connectivity index (χ0v) is 12.9. The van der Waals surface area contributed by atoms with Crippen LogP contribution in [0.4, 0.5) is 5.69 Å². The summed E-state index contributed by atoms with van der Waals surface area (Å²) in [6.45, 7) is 5.37. The van der Waals surface area contributed by atoms with Crippen molar-refractivity contribution >= 4 is 23.2 Å². The molecule has 0 aliphatic carbocycles. The number of nitrogens with one attached hydrogen (secondary N) is 2. The van der Waals surface area contributed by atoms with Gasteiger partial charge in [-0.05, 0) is 25.1 Å². The first kappa shape index (κ1) is 16.7. The molecule has 1 amide bonds. The number of benzene rings is 1. The van der Waals surface area contributed by atoms with Gasteiger partial charge in [-0.2, -0.15) is 0 Å². The van der Waals surface area contributed by atoms with Crippen LogP contribution in [-0.2, 0) is 0 Å². The standard InChI is InChI=1S/C14H19ClN4O3/c15-11-2-3-13(19(21)22)12(10-11)14(20)17-4-1-7-18-8-5-16-6-9-18/h2-3,10,16H,1,4-9H2,(H,17,20). The number of carbonyl (C=O) groups excluding carboxylic acids is 1. The fourth-order valence-corrected chi connectivity index (χ4v) is 2.56. The van der Waals surface area contributed by atoms with E-state index in [-0.39, 0.29) is 11.3 Å². The van der Waals surface area contributed by atoms with Crippen LogP contribution in [0, 0.1) is 10.1 Å². The molecule has 1 fully saturated rings. The average Bonchev–Trinajstić information content (AvgIpc) is 2.52. The van der Waals surface area contributed by atoms with E-state index in [0.29, 0.717) is 11.6 Å². The molecule has 1 saturated heterocycles. The van der Waals surface area contributed by atoms with Crippen molar-refractivity contribution in [3.8, 4) is 0 Å². The minimum atomic E-state index is -0.577. The quantitative estimate of drug-likeness (QED) is 0.467. The maximum absolute atomic E-state index is 12.1. The van der Waals surface area contributed by atoms with Gasteiger partial charge in [-0.25, -0.2) is 0 Å². The van der Waals surface area contributed by atoms with Crippen LogP contribution < -0.4 is 10.6 Å². The van der Waals surface area contributed by atoms with Gasteiger partial charge < -0.3 is 15.5 Å². The minimum absolute atomic E-state index is 0.000303. The molecule has 22 heavy (non-hydrogen) atoms. The Bertz CT molecular complexity index is 547. The Hall–Kier alpha value is -1.70. The molecule has 0 saturated carbocycles. The summed E-state index contributed by atoms with van der Waals surface area (Å²) in [5.74, 6) is -0.463. The van der Waals surface area contributed by atoms with Crippen molar-refractivity contribution in [1.82, 2.24) is 15.5 Å². The fraction of sp³-hybridized carbons (Fsp3) is 0.500. The van der Waals surface area contributed by atoms with E-state index in [9.17, 15) is 14.9 Å². The van der Waals surface area contributed by atoms with Crippen molar-refractivity contribution in [3.63, 3.8) is 0 Å². The van der Waals surface area contributed by atoms with Gasteiger partial charge in [-0.1, -0.05) is 11.6 Å². The molecule has 7 nitrogen and oxygen atoms in total. The molecule has 0 unspecified atom stereocenters. The average molecular weight is 327 g/mol. The van der Waals surface area contributed by atoms with Crippen LogP contribution >= 0.6 is 11.6 Å². The number of nitrogens with zero attached hydrogens (tertiary/aromatic N) is 2. The lowest BCUT2D eigenvalue weighted by Crippen LogP contribution is -2.44. The number of carbonyl (C=O) groups is 1. The predicted octanol–water partition coefficient (Wildman–Crippen LogP) is 1.27. The second-order valence-corrected chi connectivity index (χ2v) is 5.56. The third kappa shape index (κ3) is 4.66. The number of rotatable bonds is 6. The Morgan fingerprint density at radius 2 is 2.14 bits per heavy atom. The van der Waals surface area contributed by atoms with Gasteiger partial charge in [0.15, 0.2) is 0 Å². The Labute approximate surface area is 133 Å². The van der Waals surface area contributed by atoms with Crippen LogP contribution in [0.15, 0.2) is 18.2 Å². The molecule has 1 aromatic carbocycles. The second-order valence-electron chi connectivity index (χ2n) is 5.12. The fourth-order valence-electron chi connectivity index (χ4n) is 2.38. The van der Waals surface area contributed by atoms with Gasteiger partial charge in [0.1, 0.15) is 5.56 Å². The van der Waals surface area contributed by atoms with Gasteiger partial charge in [0.2, 0.25) is 0 Å². The molecular formula is C14H19ClN4O3. The molecule has 2 N–H and O–H groups in total. The van der Waals surface area contributed by atoms with E-state index in [0.717, 1.165) is 39.1 Å². The van der Waals surface area contributed by atoms with Gasteiger partial charge in [-0.15, -0.1) is 0 Å². The van der Waals surface area contributed by atoms with Crippen LogP contribution in [-0.4, -0.2) is 55.0 Å². The van der Waals surface area contributed by atoms with Crippen LogP contribution in [0.25, 0.3) is 0 Å². The molecular weight excluding hydrogens is 308 g/mol. The number of nitro groups is 1. The number of hydrogen-bond acceptors (Lipinski definition) is 5. The van der Waals surface area contributed by atoms with Crippen molar-refractivity contribution in [2.24, 2.45) is 0 Å². The Balaban J connectivity index is 1.84. The topological polar surface area (TPSA) is 87.5 Å². The normalized spacial score (nSPS) is 15.5. The Morgan fingerprint density at radius 3 is 2.82 bits per heavy atom. The smallest absolute Gasteiger partial charge is 0.282 e. The highest BCUT2D eigenvalue weighted by Gasteiger charge is 2.20. The molecule has 0 radical (unpaired) electrons. The summed E-state index contributed by atoms with van der Waals surface area (Å²) in [6, 6.07) is 3.98. The number of hydrogen-bond donors (Lipinski definition) is 2. The first-order chi connectivity index (χ1) is 10.6. The van der Waals surface area contributed by atoms with Crippen LogP contribution in [0.5, 0.6) is 0 Å². The van der Waals surface area contributed by atoms with E-state index in [1.165, 1.54) is 18.2 Å². The first-order valence-corrected chi connectivity index (χ1v) is 7.61. The molecule has 0 atom stereocenters. The largest absolute Gasteiger partial charge is 0.352 e. The molecule has 1 aromatic rings. The van der Waals surface area contributed by atoms with Crippen LogP contribution in [0.2, 0.25) is 5.02 Å². The van der Waals surface area contributed by atoms with Crippen molar-refractivity contribution in [2.45, 2.75) is 6.42 Å². The summed E-state index contributed by atoms with van der Waals surface area (Å²) in [4.78, 5) is 24.8. The third-order valence-electron chi connectivity index (χ3n) is 3.55. The molecule has 120 valence electrons. The van der Waals surface area contributed by atoms with Crippen molar-refractivity contribution in [3.05, 3.63) is 38.9 Å². The van der Waals surface area contributed by atoms with Gasteiger partial charge in [-0.3, -0.25) is 14.9 Å². The lowest BCUT2D eigenvalue weighted by Gasteiger charge is -2.27. The van der Waals surface area contributed by atoms with Crippen molar-refractivity contribution < 1.29 is 9.72 Å². The van der Waals surface area contributed by atoms with E-state index < -0.39 is 10.8 Å². The molecule has 1 aliphatic rings. The first-order valence-electron chi connectivity index (χ1n) is 7.23. The third-order valence-corrected chi connectivity index (χ3v) is 3.78. The highest BCUT2D eigenvalue weighted by atomic mass is 35.5. The van der Waals surface area contributed by atoms with Crippen molar-refractivity contribution in [2.75, 3.05) is 39.3 Å². The highest BCUT2D eigenvalue weighted by Crippen LogP contribution is 2.22. The van der Waals surface area contributed by atoms with Crippen molar-refractivity contribution in [1.29, 1.82) is 0 Å². The Kier molecular flexibility index (Phi) is 6.11. The molecule has 8 heteroatoms. The minimum Gasteiger partial charge on any atom is -0.352 e. The summed E-state index contributed by atoms with van der Waals surface area (Å²) >= 11 is 5.81. The number of piperazine rings is 1. The Morgan fingerprint density at radius 1 is 1.41 bits per heavy atom. The van der Waals surface area contributed by atoms with E-state index in [4.69, 9.17) is 11.6 Å². The molecule has 1 aliphatic heterocycles. The predicted molar refractivity (Wildman–Crippen MR) is 84.4 cm³/mol. The maximum Gasteiger partial charge on any atom is 0.282 e. The molecule has 0 spiro atoms. The summed E-state index contributed by atoms with van der Waals surface area (Å²) in [7, 11) is 0.